The third kappa shape index (κ3) is 5.13. The van der Waals surface area contributed by atoms with E-state index in [1.807, 2.05) is 13.8 Å². The van der Waals surface area contributed by atoms with Gasteiger partial charge in [-0.3, -0.25) is 9.36 Å². The maximum Gasteiger partial charge on any atom is 0.416 e. The molecule has 0 fully saturated rings. The Balaban J connectivity index is 1.73. The summed E-state index contributed by atoms with van der Waals surface area (Å²) in [7, 11) is 1.71. The zero-order valence-corrected chi connectivity index (χ0v) is 20.8. The normalized spacial score (nSPS) is 11.2. The van der Waals surface area contributed by atoms with Crippen LogP contribution in [0.3, 0.4) is 0 Å². The molecule has 3 N–H and O–H groups in total. The molecular formula is C25H26N7O5. The number of benzene rings is 1. The van der Waals surface area contributed by atoms with E-state index in [0.717, 1.165) is 9.25 Å². The van der Waals surface area contributed by atoms with Crippen molar-refractivity contribution in [1.29, 1.82) is 0 Å². The molecule has 4 aromatic rings. The summed E-state index contributed by atoms with van der Waals surface area (Å²) >= 11 is 0. The molecule has 0 saturated carbocycles. The van der Waals surface area contributed by atoms with E-state index in [0.29, 0.717) is 58.0 Å². The summed E-state index contributed by atoms with van der Waals surface area (Å²) in [5, 5.41) is 14.3. The molecule has 3 aromatic heterocycles. The Hall–Kier alpha value is -4.74. The number of fused-ring (bicyclic) bond motifs is 1. The molecule has 12 nitrogen and oxygen atoms in total. The lowest BCUT2D eigenvalue weighted by Gasteiger charge is -2.14. The SMILES string of the molecule is CC(=O)N(C)CCc1cc(Oc2ccc3c(c2)c(-c2[c]nn(C(N)=O)c2C(C)C)cn3C(=O)O)ncn1. The van der Waals surface area contributed by atoms with Crippen LogP contribution >= 0.6 is 0 Å². The van der Waals surface area contributed by atoms with Crippen molar-refractivity contribution in [2.75, 3.05) is 13.6 Å². The summed E-state index contributed by atoms with van der Waals surface area (Å²) < 4.78 is 8.12. The van der Waals surface area contributed by atoms with Gasteiger partial charge >= 0.3 is 12.1 Å². The summed E-state index contributed by atoms with van der Waals surface area (Å²) in [6.07, 6.45) is 5.01. The minimum Gasteiger partial charge on any atom is -0.464 e. The maximum absolute atomic E-state index is 11.9. The number of primary amides is 1. The molecule has 37 heavy (non-hydrogen) atoms. The van der Waals surface area contributed by atoms with Gasteiger partial charge in [-0.2, -0.15) is 9.78 Å². The summed E-state index contributed by atoms with van der Waals surface area (Å²) in [6, 6.07) is 5.88. The first-order valence-electron chi connectivity index (χ1n) is 11.5. The van der Waals surface area contributed by atoms with Gasteiger partial charge in [-0.1, -0.05) is 13.8 Å². The number of ether oxygens (including phenoxy) is 1. The molecule has 1 aromatic carbocycles. The lowest BCUT2D eigenvalue weighted by Crippen LogP contribution is -2.26. The molecule has 0 aliphatic heterocycles. The second-order valence-electron chi connectivity index (χ2n) is 8.79. The van der Waals surface area contributed by atoms with E-state index < -0.39 is 12.1 Å². The predicted molar refractivity (Wildman–Crippen MR) is 134 cm³/mol. The topological polar surface area (TPSA) is 158 Å². The van der Waals surface area contributed by atoms with Crippen LogP contribution in [-0.4, -0.2) is 65.9 Å². The molecule has 4 rings (SSSR count). The van der Waals surface area contributed by atoms with Crippen LogP contribution < -0.4 is 10.5 Å². The number of nitrogens with zero attached hydrogens (tertiary/aromatic N) is 6. The zero-order chi connectivity index (χ0) is 26.9. The molecule has 2 amide bonds. The first-order chi connectivity index (χ1) is 17.6. The number of aromatic nitrogens is 5. The number of hydrogen-bond donors (Lipinski definition) is 2. The van der Waals surface area contributed by atoms with Crippen molar-refractivity contribution in [3.63, 3.8) is 0 Å². The third-order valence-corrected chi connectivity index (χ3v) is 5.92. The molecular weight excluding hydrogens is 478 g/mol. The van der Waals surface area contributed by atoms with Gasteiger partial charge in [0.2, 0.25) is 11.8 Å². The van der Waals surface area contributed by atoms with Crippen LogP contribution in [0.25, 0.3) is 22.0 Å². The highest BCUT2D eigenvalue weighted by Gasteiger charge is 2.24. The predicted octanol–water partition coefficient (Wildman–Crippen LogP) is 3.48. The molecule has 0 atom stereocenters. The number of rotatable bonds is 7. The van der Waals surface area contributed by atoms with Crippen LogP contribution in [0.2, 0.25) is 0 Å². The van der Waals surface area contributed by atoms with Crippen LogP contribution in [-0.2, 0) is 11.2 Å². The van der Waals surface area contributed by atoms with Gasteiger partial charge in [-0.25, -0.2) is 19.6 Å². The van der Waals surface area contributed by atoms with E-state index in [2.05, 4.69) is 21.3 Å². The molecule has 0 spiro atoms. The van der Waals surface area contributed by atoms with Crippen LogP contribution in [0.15, 0.2) is 36.8 Å². The van der Waals surface area contributed by atoms with Crippen molar-refractivity contribution in [1.82, 2.24) is 29.2 Å². The molecule has 3 heterocycles. The average Bonchev–Trinajstić information content (AvgIpc) is 3.44. The Morgan fingerprint density at radius 1 is 1.22 bits per heavy atom. The van der Waals surface area contributed by atoms with E-state index in [1.165, 1.54) is 19.4 Å². The first-order valence-corrected chi connectivity index (χ1v) is 11.5. The first kappa shape index (κ1) is 25.4. The van der Waals surface area contributed by atoms with E-state index >= 15 is 0 Å². The fourth-order valence-corrected chi connectivity index (χ4v) is 3.98. The third-order valence-electron chi connectivity index (χ3n) is 5.92. The van der Waals surface area contributed by atoms with Gasteiger partial charge in [-0.05, 0) is 24.1 Å². The highest BCUT2D eigenvalue weighted by atomic mass is 16.5. The largest absolute Gasteiger partial charge is 0.464 e. The summed E-state index contributed by atoms with van der Waals surface area (Å²) in [6.45, 7) is 5.74. The number of amides is 2. The highest BCUT2D eigenvalue weighted by Crippen LogP contribution is 2.37. The van der Waals surface area contributed by atoms with Crippen LogP contribution in [0, 0.1) is 6.20 Å². The Bertz CT molecular complexity index is 1500. The fraction of sp³-hybridized carbons (Fsp3) is 0.280. The van der Waals surface area contributed by atoms with E-state index in [-0.39, 0.29) is 11.8 Å². The van der Waals surface area contributed by atoms with Gasteiger partial charge in [0.1, 0.15) is 18.3 Å². The molecule has 0 saturated heterocycles. The Kier molecular flexibility index (Phi) is 6.92. The van der Waals surface area contributed by atoms with Gasteiger partial charge in [0, 0.05) is 61.4 Å². The Morgan fingerprint density at radius 2 is 1.97 bits per heavy atom. The van der Waals surface area contributed by atoms with Gasteiger partial charge in [0.05, 0.1) is 11.2 Å². The Labute approximate surface area is 212 Å². The summed E-state index contributed by atoms with van der Waals surface area (Å²) in [5.41, 5.74) is 8.08. The molecule has 12 heteroatoms. The van der Waals surface area contributed by atoms with E-state index in [1.54, 1.807) is 36.2 Å². The highest BCUT2D eigenvalue weighted by molar-refractivity contribution is 6.01. The number of carboxylic acid groups (broad SMARTS) is 1. The molecule has 0 aliphatic carbocycles. The van der Waals surface area contributed by atoms with Crippen molar-refractivity contribution in [2.45, 2.75) is 33.1 Å². The van der Waals surface area contributed by atoms with Crippen molar-refractivity contribution < 1.29 is 24.2 Å². The molecule has 0 aliphatic rings. The Morgan fingerprint density at radius 3 is 2.62 bits per heavy atom. The van der Waals surface area contributed by atoms with Gasteiger partial charge in [-0.15, -0.1) is 0 Å². The van der Waals surface area contributed by atoms with E-state index in [4.69, 9.17) is 10.5 Å². The van der Waals surface area contributed by atoms with Crippen molar-refractivity contribution >= 4 is 28.9 Å². The van der Waals surface area contributed by atoms with Crippen molar-refractivity contribution in [2.24, 2.45) is 5.73 Å². The monoisotopic (exact) mass is 504 g/mol. The lowest BCUT2D eigenvalue weighted by atomic mass is 9.99. The minimum atomic E-state index is -1.17. The van der Waals surface area contributed by atoms with Crippen molar-refractivity contribution in [3.8, 4) is 22.8 Å². The quantitative estimate of drug-likeness (QED) is 0.387. The molecule has 1 radical (unpaired) electrons. The smallest absolute Gasteiger partial charge is 0.416 e. The molecule has 191 valence electrons. The maximum atomic E-state index is 11.9. The van der Waals surface area contributed by atoms with Gasteiger partial charge in [0.25, 0.3) is 0 Å². The van der Waals surface area contributed by atoms with Gasteiger partial charge in [0.15, 0.2) is 0 Å². The standard InChI is InChI=1S/C25H26N7O5/c1-14(2)23-19(11-29-32(23)24(26)34)20-12-31(25(35)36)21-6-5-17(10-18(20)21)37-22-9-16(27-13-28-22)7-8-30(4)15(3)33/h5-6,9-10,12-14H,7-8H2,1-4H3,(H2,26,34)(H,35,36). The van der Waals surface area contributed by atoms with Crippen molar-refractivity contribution in [3.05, 3.63) is 54.4 Å². The zero-order valence-electron chi connectivity index (χ0n) is 20.8. The second-order valence-corrected chi connectivity index (χ2v) is 8.79. The lowest BCUT2D eigenvalue weighted by molar-refractivity contribution is -0.127. The number of likely N-dealkylation sites (N-methyl/N-ethyl adjacent to an activating group) is 1. The number of carbonyl (C=O) groups excluding carboxylic acids is 2. The number of nitrogens with two attached hydrogens (primary N) is 1. The summed E-state index contributed by atoms with van der Waals surface area (Å²) in [5.74, 6) is 0.522. The fourth-order valence-electron chi connectivity index (χ4n) is 3.98. The van der Waals surface area contributed by atoms with Gasteiger partial charge < -0.3 is 20.5 Å². The van der Waals surface area contributed by atoms with Crippen LogP contribution in [0.1, 0.15) is 38.1 Å². The number of carbonyl (C=O) groups is 3. The van der Waals surface area contributed by atoms with E-state index in [9.17, 15) is 19.5 Å². The summed E-state index contributed by atoms with van der Waals surface area (Å²) in [4.78, 5) is 45.3. The van der Waals surface area contributed by atoms with Crippen LogP contribution in [0.5, 0.6) is 11.6 Å². The van der Waals surface area contributed by atoms with Crippen LogP contribution in [0.4, 0.5) is 9.59 Å². The minimum absolute atomic E-state index is 0.0397. The average molecular weight is 505 g/mol. The second kappa shape index (κ2) is 10.1. The molecule has 0 bridgehead atoms. The number of hydrogen-bond acceptors (Lipinski definition) is 7. The molecule has 0 unspecified atom stereocenters.